The van der Waals surface area contributed by atoms with Crippen molar-refractivity contribution in [1.29, 1.82) is 0 Å². The van der Waals surface area contributed by atoms with Gasteiger partial charge in [-0.15, -0.1) is 0 Å². The van der Waals surface area contributed by atoms with Crippen molar-refractivity contribution < 1.29 is 23.9 Å². The molecule has 31 heavy (non-hydrogen) atoms. The fourth-order valence-electron chi connectivity index (χ4n) is 3.94. The number of Topliss-reactive ketones (excluding diaryl/α,β-unsaturated/α-hetero) is 1. The van der Waals surface area contributed by atoms with Crippen LogP contribution in [0.2, 0.25) is 0 Å². The Kier molecular flexibility index (Phi) is 6.71. The van der Waals surface area contributed by atoms with Crippen LogP contribution in [0, 0.1) is 5.41 Å². The van der Waals surface area contributed by atoms with Crippen LogP contribution in [-0.2, 0) is 30.3 Å². The highest BCUT2D eigenvalue weighted by atomic mass is 16.5. The van der Waals surface area contributed by atoms with Crippen molar-refractivity contribution >= 4 is 23.3 Å². The summed E-state index contributed by atoms with van der Waals surface area (Å²) in [6, 6.07) is 16.8. The number of carbonyl (C=O) groups is 3. The average molecular weight is 421 g/mol. The summed E-state index contributed by atoms with van der Waals surface area (Å²) >= 11 is 0. The molecule has 2 aromatic carbocycles. The highest BCUT2D eigenvalue weighted by molar-refractivity contribution is 6.13. The number of hydrogen-bond donors (Lipinski definition) is 1. The number of amides is 1. The molecule has 1 fully saturated rings. The molecule has 3 atom stereocenters. The molecule has 6 nitrogen and oxygen atoms in total. The number of hydrogen-bond acceptors (Lipinski definition) is 5. The van der Waals surface area contributed by atoms with Crippen molar-refractivity contribution in [1.82, 2.24) is 0 Å². The first kappa shape index (κ1) is 22.4. The molecule has 0 aliphatic carbocycles. The van der Waals surface area contributed by atoms with E-state index in [9.17, 15) is 14.4 Å². The molecule has 0 radical (unpaired) electrons. The summed E-state index contributed by atoms with van der Waals surface area (Å²) in [4.78, 5) is 37.1. The second-order valence-electron chi connectivity index (χ2n) is 7.88. The maximum absolute atomic E-state index is 13.3. The van der Waals surface area contributed by atoms with Crippen molar-refractivity contribution in [3.8, 4) is 0 Å². The molecule has 1 saturated heterocycles. The lowest BCUT2D eigenvalue weighted by molar-refractivity contribution is -0.176. The van der Waals surface area contributed by atoms with E-state index in [2.05, 4.69) is 11.9 Å². The van der Waals surface area contributed by atoms with Crippen LogP contribution in [0.3, 0.4) is 0 Å². The molecule has 0 unspecified atom stereocenters. The van der Waals surface area contributed by atoms with Crippen LogP contribution < -0.4 is 5.32 Å². The number of aryl methyl sites for hydroxylation is 1. The van der Waals surface area contributed by atoms with E-state index in [1.165, 1.54) is 14.0 Å². The van der Waals surface area contributed by atoms with Gasteiger partial charge in [0, 0.05) is 18.2 Å². The van der Waals surface area contributed by atoms with Gasteiger partial charge in [-0.05, 0) is 43.0 Å². The third kappa shape index (κ3) is 4.59. The molecule has 1 aliphatic heterocycles. The fraction of sp³-hybridized carbons (Fsp3) is 0.320. The lowest BCUT2D eigenvalue weighted by atomic mass is 9.71. The van der Waals surface area contributed by atoms with E-state index in [4.69, 9.17) is 9.47 Å². The van der Waals surface area contributed by atoms with Gasteiger partial charge in [0.2, 0.25) is 5.91 Å². The first-order valence-corrected chi connectivity index (χ1v) is 10.2. The second kappa shape index (κ2) is 9.27. The van der Waals surface area contributed by atoms with Crippen molar-refractivity contribution in [3.05, 3.63) is 77.9 Å². The number of carbonyl (C=O) groups excluding carboxylic acids is 3. The van der Waals surface area contributed by atoms with E-state index < -0.39 is 23.6 Å². The lowest BCUT2D eigenvalue weighted by Gasteiger charge is -2.42. The van der Waals surface area contributed by atoms with Crippen LogP contribution in [0.25, 0.3) is 0 Å². The first-order valence-electron chi connectivity index (χ1n) is 10.2. The Morgan fingerprint density at radius 2 is 1.77 bits per heavy atom. The van der Waals surface area contributed by atoms with Gasteiger partial charge in [0.15, 0.2) is 11.2 Å². The normalized spacial score (nSPS) is 23.3. The van der Waals surface area contributed by atoms with Crippen LogP contribution in [0.5, 0.6) is 0 Å². The first-order chi connectivity index (χ1) is 14.8. The zero-order chi connectivity index (χ0) is 22.6. The third-order valence-electron chi connectivity index (χ3n) is 5.71. The Balaban J connectivity index is 1.84. The van der Waals surface area contributed by atoms with Gasteiger partial charge in [0.25, 0.3) is 0 Å². The smallest absolute Gasteiger partial charge is 0.322 e. The summed E-state index contributed by atoms with van der Waals surface area (Å²) in [5.74, 6) is -1.12. The zero-order valence-corrected chi connectivity index (χ0v) is 18.0. The Hall–Kier alpha value is -3.25. The minimum Gasteiger partial charge on any atom is -0.468 e. The molecular formula is C25H27NO5. The van der Waals surface area contributed by atoms with Gasteiger partial charge in [-0.25, -0.2) is 0 Å². The van der Waals surface area contributed by atoms with Gasteiger partial charge in [-0.2, -0.15) is 0 Å². The summed E-state index contributed by atoms with van der Waals surface area (Å²) < 4.78 is 11.3. The number of esters is 1. The van der Waals surface area contributed by atoms with Crippen molar-refractivity contribution in [3.63, 3.8) is 0 Å². The summed E-state index contributed by atoms with van der Waals surface area (Å²) in [7, 11) is 1.27. The molecule has 162 valence electrons. The van der Waals surface area contributed by atoms with Gasteiger partial charge >= 0.3 is 5.97 Å². The van der Waals surface area contributed by atoms with Crippen LogP contribution in [0.15, 0.2) is 66.7 Å². The van der Waals surface area contributed by atoms with Gasteiger partial charge < -0.3 is 14.8 Å². The summed E-state index contributed by atoms with van der Waals surface area (Å²) in [5.41, 5.74) is 1.30. The molecule has 0 bridgehead atoms. The molecule has 1 amide bonds. The molecule has 6 heteroatoms. The summed E-state index contributed by atoms with van der Waals surface area (Å²) in [6.07, 6.45) is -0.275. The number of nitrogens with one attached hydrogen (secondary N) is 1. The minimum absolute atomic E-state index is 0.136. The maximum Gasteiger partial charge on any atom is 0.322 e. The molecule has 2 aromatic rings. The second-order valence-corrected chi connectivity index (χ2v) is 7.88. The van der Waals surface area contributed by atoms with Crippen LogP contribution in [0.4, 0.5) is 5.69 Å². The Morgan fingerprint density at radius 1 is 1.13 bits per heavy atom. The topological polar surface area (TPSA) is 81.7 Å². The molecule has 1 aliphatic rings. The van der Waals surface area contributed by atoms with E-state index in [-0.39, 0.29) is 17.3 Å². The molecule has 0 saturated carbocycles. The Bertz CT molecular complexity index is 983. The van der Waals surface area contributed by atoms with Crippen LogP contribution in [-0.4, -0.2) is 30.9 Å². The highest BCUT2D eigenvalue weighted by Gasteiger charge is 2.55. The monoisotopic (exact) mass is 421 g/mol. The van der Waals surface area contributed by atoms with E-state index >= 15 is 0 Å². The quantitative estimate of drug-likeness (QED) is 0.433. The summed E-state index contributed by atoms with van der Waals surface area (Å²) in [5, 5.41) is 2.73. The van der Waals surface area contributed by atoms with E-state index in [0.29, 0.717) is 18.5 Å². The molecule has 1 N–H and O–H groups in total. The molecule has 3 rings (SSSR count). The predicted octanol–water partition coefficient (Wildman–Crippen LogP) is 4.02. The van der Waals surface area contributed by atoms with Crippen molar-refractivity contribution in [2.75, 3.05) is 12.4 Å². The van der Waals surface area contributed by atoms with Crippen molar-refractivity contribution in [2.45, 2.75) is 38.9 Å². The standard InChI is InChI=1S/C25H27NO5/c1-16-22(19-8-6-5-7-9-19)31-21(25(3,23(16)28)24(29)30-4)15-12-18-10-13-20(14-11-18)26-17(2)27/h5-11,13-14,21-22H,1,12,15H2,2-4H3,(H,26,27)/t21-,22-,25-/m1/s1. The van der Waals surface area contributed by atoms with Crippen LogP contribution >= 0.6 is 0 Å². The largest absolute Gasteiger partial charge is 0.468 e. The zero-order valence-electron chi connectivity index (χ0n) is 18.0. The fourth-order valence-corrected chi connectivity index (χ4v) is 3.94. The molecule has 0 aromatic heterocycles. The minimum atomic E-state index is -1.47. The van der Waals surface area contributed by atoms with Crippen molar-refractivity contribution in [2.24, 2.45) is 5.41 Å². The highest BCUT2D eigenvalue weighted by Crippen LogP contribution is 2.44. The number of ether oxygens (including phenoxy) is 2. The molecule has 1 heterocycles. The third-order valence-corrected chi connectivity index (χ3v) is 5.71. The number of rotatable bonds is 6. The predicted molar refractivity (Wildman–Crippen MR) is 117 cm³/mol. The lowest BCUT2D eigenvalue weighted by Crippen LogP contribution is -2.53. The Morgan fingerprint density at radius 3 is 2.35 bits per heavy atom. The summed E-state index contributed by atoms with van der Waals surface area (Å²) in [6.45, 7) is 6.96. The van der Waals surface area contributed by atoms with E-state index in [0.717, 1.165) is 11.1 Å². The molecular weight excluding hydrogens is 394 g/mol. The van der Waals surface area contributed by atoms with Gasteiger partial charge in [0.1, 0.15) is 6.10 Å². The van der Waals surface area contributed by atoms with Gasteiger partial charge in [-0.1, -0.05) is 49.0 Å². The number of methoxy groups -OCH3 is 1. The average Bonchev–Trinajstić information content (AvgIpc) is 2.77. The Labute approximate surface area is 182 Å². The van der Waals surface area contributed by atoms with E-state index in [1.807, 2.05) is 54.6 Å². The van der Waals surface area contributed by atoms with Gasteiger partial charge in [-0.3, -0.25) is 14.4 Å². The maximum atomic E-state index is 13.3. The number of ketones is 1. The van der Waals surface area contributed by atoms with Crippen LogP contribution in [0.1, 0.15) is 37.5 Å². The van der Waals surface area contributed by atoms with Gasteiger partial charge in [0.05, 0.1) is 13.2 Å². The van der Waals surface area contributed by atoms with E-state index in [1.54, 1.807) is 6.92 Å². The molecule has 0 spiro atoms. The number of anilines is 1. The SMILES string of the molecule is C=C1C(=O)[C@](C)(C(=O)OC)[C@@H](CCc2ccc(NC(C)=O)cc2)O[C@H]1c1ccccc1. The number of benzene rings is 2.